The van der Waals surface area contributed by atoms with Crippen LogP contribution in [0.3, 0.4) is 0 Å². The number of aromatic nitrogens is 3. The highest BCUT2D eigenvalue weighted by Gasteiger charge is 2.19. The summed E-state index contributed by atoms with van der Waals surface area (Å²) in [5.41, 5.74) is 7.50. The summed E-state index contributed by atoms with van der Waals surface area (Å²) in [7, 11) is 0. The zero-order valence-corrected chi connectivity index (χ0v) is 30.5. The molecule has 256 valence electrons. The van der Waals surface area contributed by atoms with Gasteiger partial charge in [-0.1, -0.05) is 164 Å². The van der Waals surface area contributed by atoms with E-state index in [-0.39, 0.29) is 0 Å². The molecule has 2 aromatic heterocycles. The number of rotatable bonds is 5. The Labute approximate surface area is 321 Å². The summed E-state index contributed by atoms with van der Waals surface area (Å²) >= 11 is 1.81. The summed E-state index contributed by atoms with van der Waals surface area (Å²) in [4.78, 5) is 15.6. The van der Waals surface area contributed by atoms with Crippen LogP contribution >= 0.6 is 11.3 Å². The molecular formula is C51H31N3S. The van der Waals surface area contributed by atoms with Crippen molar-refractivity contribution in [1.82, 2.24) is 15.0 Å². The van der Waals surface area contributed by atoms with Crippen LogP contribution < -0.4 is 0 Å². The summed E-state index contributed by atoms with van der Waals surface area (Å²) in [5.74, 6) is 1.95. The quantitative estimate of drug-likeness (QED) is 0.166. The maximum atomic E-state index is 5.26. The largest absolute Gasteiger partial charge is 0.208 e. The minimum atomic E-state index is 0.643. The lowest BCUT2D eigenvalue weighted by molar-refractivity contribution is 1.08. The van der Waals surface area contributed by atoms with Crippen molar-refractivity contribution >= 4 is 63.8 Å². The van der Waals surface area contributed by atoms with Crippen molar-refractivity contribution in [3.8, 4) is 56.4 Å². The minimum absolute atomic E-state index is 0.643. The Balaban J connectivity index is 1.07. The highest BCUT2D eigenvalue weighted by Crippen LogP contribution is 2.43. The Hall–Kier alpha value is -7.01. The lowest BCUT2D eigenvalue weighted by Crippen LogP contribution is -2.00. The molecule has 0 bridgehead atoms. The third-order valence-electron chi connectivity index (χ3n) is 10.7. The van der Waals surface area contributed by atoms with E-state index in [0.717, 1.165) is 33.4 Å². The first-order chi connectivity index (χ1) is 27.2. The van der Waals surface area contributed by atoms with E-state index in [4.69, 9.17) is 15.0 Å². The number of hydrogen-bond donors (Lipinski definition) is 0. The Morgan fingerprint density at radius 2 is 0.727 bits per heavy atom. The standard InChI is InChI=1S/C51H31N3S/c1-3-13-32(14-4-1)37-30-45(48-43-21-11-12-22-46(43)55-47(48)31-37)51-53-49(34-15-5-2-6-16-34)52-50(54-51)35-25-23-33(24-26-35)36-27-28-42-40-19-8-7-17-38(40)39-18-9-10-20-41(39)44(42)29-36/h1-31H. The Morgan fingerprint density at radius 1 is 0.273 bits per heavy atom. The smallest absolute Gasteiger partial charge is 0.164 e. The molecule has 0 unspecified atom stereocenters. The third kappa shape index (κ3) is 5.38. The van der Waals surface area contributed by atoms with Gasteiger partial charge in [-0.25, -0.2) is 15.0 Å². The van der Waals surface area contributed by atoms with Crippen molar-refractivity contribution in [3.05, 3.63) is 188 Å². The van der Waals surface area contributed by atoms with Gasteiger partial charge in [0.25, 0.3) is 0 Å². The predicted molar refractivity (Wildman–Crippen MR) is 232 cm³/mol. The Morgan fingerprint density at radius 3 is 1.38 bits per heavy atom. The van der Waals surface area contributed by atoms with E-state index in [1.807, 2.05) is 29.5 Å². The van der Waals surface area contributed by atoms with Crippen LogP contribution in [-0.4, -0.2) is 15.0 Å². The molecule has 0 amide bonds. The van der Waals surface area contributed by atoms with Crippen LogP contribution in [0.15, 0.2) is 188 Å². The Kier molecular flexibility index (Phi) is 7.35. The van der Waals surface area contributed by atoms with Crippen molar-refractivity contribution < 1.29 is 0 Å². The highest BCUT2D eigenvalue weighted by molar-refractivity contribution is 7.26. The number of thiophene rings is 1. The molecule has 9 aromatic carbocycles. The predicted octanol–water partition coefficient (Wildman–Crippen LogP) is 14.0. The van der Waals surface area contributed by atoms with Crippen molar-refractivity contribution in [2.24, 2.45) is 0 Å². The van der Waals surface area contributed by atoms with Crippen LogP contribution in [0.2, 0.25) is 0 Å². The lowest BCUT2D eigenvalue weighted by Gasteiger charge is -2.13. The molecule has 0 saturated heterocycles. The van der Waals surface area contributed by atoms with Gasteiger partial charge in [0.1, 0.15) is 0 Å². The van der Waals surface area contributed by atoms with E-state index in [2.05, 4.69) is 170 Å². The topological polar surface area (TPSA) is 38.7 Å². The number of nitrogens with zero attached hydrogens (tertiary/aromatic N) is 3. The molecule has 3 nitrogen and oxygen atoms in total. The molecule has 2 heterocycles. The molecule has 0 spiro atoms. The average Bonchev–Trinajstić information content (AvgIpc) is 3.65. The van der Waals surface area contributed by atoms with Crippen molar-refractivity contribution in [1.29, 1.82) is 0 Å². The number of fused-ring (bicyclic) bond motifs is 9. The van der Waals surface area contributed by atoms with Crippen LogP contribution in [0, 0.1) is 0 Å². The van der Waals surface area contributed by atoms with Gasteiger partial charge in [0.2, 0.25) is 0 Å². The molecule has 0 aliphatic rings. The van der Waals surface area contributed by atoms with E-state index in [0.29, 0.717) is 17.5 Å². The molecule has 0 atom stereocenters. The normalized spacial score (nSPS) is 11.6. The van der Waals surface area contributed by atoms with Gasteiger partial charge in [0.05, 0.1) is 0 Å². The summed E-state index contributed by atoms with van der Waals surface area (Å²) in [5, 5.41) is 10.0. The zero-order chi connectivity index (χ0) is 36.3. The van der Waals surface area contributed by atoms with Gasteiger partial charge in [-0.15, -0.1) is 11.3 Å². The third-order valence-corrected chi connectivity index (χ3v) is 11.8. The van der Waals surface area contributed by atoms with Gasteiger partial charge in [-0.2, -0.15) is 0 Å². The summed E-state index contributed by atoms with van der Waals surface area (Å²) in [6.07, 6.45) is 0. The minimum Gasteiger partial charge on any atom is -0.208 e. The second kappa shape index (κ2) is 12.8. The SMILES string of the molecule is c1ccc(-c2cc(-c3nc(-c4ccccc4)nc(-c4ccc(-c5ccc6c7ccccc7c7ccccc7c6c5)cc4)n3)c3c(c2)sc2ccccc23)cc1. The molecule has 0 aliphatic heterocycles. The molecule has 0 N–H and O–H groups in total. The first kappa shape index (κ1) is 31.5. The molecule has 11 aromatic rings. The molecule has 0 aliphatic carbocycles. The van der Waals surface area contributed by atoms with E-state index in [1.54, 1.807) is 0 Å². The van der Waals surface area contributed by atoms with Crippen LogP contribution in [0.5, 0.6) is 0 Å². The van der Waals surface area contributed by atoms with Crippen LogP contribution in [0.1, 0.15) is 0 Å². The van der Waals surface area contributed by atoms with Crippen LogP contribution in [0.4, 0.5) is 0 Å². The van der Waals surface area contributed by atoms with Crippen molar-refractivity contribution in [2.75, 3.05) is 0 Å². The van der Waals surface area contributed by atoms with Gasteiger partial charge in [-0.3, -0.25) is 0 Å². The highest BCUT2D eigenvalue weighted by atomic mass is 32.1. The number of hydrogen-bond acceptors (Lipinski definition) is 4. The molecule has 0 saturated carbocycles. The van der Waals surface area contributed by atoms with E-state index < -0.39 is 0 Å². The molecule has 4 heteroatoms. The average molecular weight is 718 g/mol. The second-order valence-corrected chi connectivity index (χ2v) is 15.0. The van der Waals surface area contributed by atoms with Crippen molar-refractivity contribution in [3.63, 3.8) is 0 Å². The fraction of sp³-hybridized carbons (Fsp3) is 0. The summed E-state index contributed by atoms with van der Waals surface area (Å²) in [6, 6.07) is 66.9. The van der Waals surface area contributed by atoms with Gasteiger partial charge in [0.15, 0.2) is 17.5 Å². The fourth-order valence-corrected chi connectivity index (χ4v) is 9.24. The monoisotopic (exact) mass is 717 g/mol. The first-order valence-electron chi connectivity index (χ1n) is 18.5. The number of benzene rings is 9. The molecular weight excluding hydrogens is 687 g/mol. The lowest BCUT2D eigenvalue weighted by atomic mass is 9.92. The molecule has 0 radical (unpaired) electrons. The van der Waals surface area contributed by atoms with Gasteiger partial charge in [-0.05, 0) is 78.8 Å². The zero-order valence-electron chi connectivity index (χ0n) is 29.6. The fourth-order valence-electron chi connectivity index (χ4n) is 8.07. The van der Waals surface area contributed by atoms with Crippen molar-refractivity contribution in [2.45, 2.75) is 0 Å². The van der Waals surface area contributed by atoms with E-state index in [1.165, 1.54) is 58.1 Å². The van der Waals surface area contributed by atoms with Crippen LogP contribution in [0.25, 0.3) is 109 Å². The van der Waals surface area contributed by atoms with E-state index in [9.17, 15) is 0 Å². The van der Waals surface area contributed by atoms with Gasteiger partial charge in [0, 0.05) is 36.9 Å². The summed E-state index contributed by atoms with van der Waals surface area (Å²) in [6.45, 7) is 0. The van der Waals surface area contributed by atoms with E-state index >= 15 is 0 Å². The maximum absolute atomic E-state index is 5.26. The second-order valence-electron chi connectivity index (χ2n) is 14.0. The van der Waals surface area contributed by atoms with Gasteiger partial charge >= 0.3 is 0 Å². The molecule has 55 heavy (non-hydrogen) atoms. The molecule has 0 fully saturated rings. The maximum Gasteiger partial charge on any atom is 0.164 e. The van der Waals surface area contributed by atoms with Crippen LogP contribution in [-0.2, 0) is 0 Å². The van der Waals surface area contributed by atoms with Gasteiger partial charge < -0.3 is 0 Å². The molecule has 11 rings (SSSR count). The summed E-state index contributed by atoms with van der Waals surface area (Å²) < 4.78 is 2.45. The Bertz CT molecular complexity index is 3210. The first-order valence-corrected chi connectivity index (χ1v) is 19.3.